The van der Waals surface area contributed by atoms with Gasteiger partial charge in [0.15, 0.2) is 0 Å². The summed E-state index contributed by atoms with van der Waals surface area (Å²) in [4.78, 5) is 0. The molecule has 0 N–H and O–H groups in total. The van der Waals surface area contributed by atoms with Crippen molar-refractivity contribution in [1.29, 1.82) is 0 Å². The van der Waals surface area contributed by atoms with Gasteiger partial charge in [0.05, 0.1) is 0 Å². The zero-order valence-corrected chi connectivity index (χ0v) is 6.12. The first-order valence-corrected chi connectivity index (χ1v) is 0. The average Bonchev–Trinajstić information content (AvgIpc) is 0. The predicted molar refractivity (Wildman–Crippen MR) is 43.4 cm³/mol. The molecule has 0 heterocycles. The summed E-state index contributed by atoms with van der Waals surface area (Å²) in [5.74, 6) is 0. The Morgan fingerprint density at radius 2 is 0.333 bits per heavy atom. The van der Waals surface area contributed by atoms with Crippen LogP contribution in [0.25, 0.3) is 0 Å². The van der Waals surface area contributed by atoms with Crippen molar-refractivity contribution in [2.24, 2.45) is 0 Å². The summed E-state index contributed by atoms with van der Waals surface area (Å²) < 4.78 is 0. The van der Waals surface area contributed by atoms with Crippen LogP contribution in [0.4, 0.5) is 0 Å². The molecule has 6 heavy (non-hydrogen) atoms. The third-order valence-electron chi connectivity index (χ3n) is 0. The summed E-state index contributed by atoms with van der Waals surface area (Å²) in [5, 5.41) is 0. The molecular formula is H6Cl5Li. The summed E-state index contributed by atoms with van der Waals surface area (Å²) in [7, 11) is 0. The standard InChI is InChI=1S/5ClH.Li.H/h5*1H;;. The second-order valence-corrected chi connectivity index (χ2v) is 0. The molecule has 0 amide bonds. The van der Waals surface area contributed by atoms with Crippen LogP contribution in [0.2, 0.25) is 0 Å². The second kappa shape index (κ2) is 61.5. The maximum absolute atomic E-state index is 0. The molecule has 0 spiro atoms. The number of hydrogen-bond acceptors (Lipinski definition) is 0. The van der Waals surface area contributed by atoms with Crippen LogP contribution in [-0.4, -0.2) is 18.9 Å². The first kappa shape index (κ1) is 95.3. The van der Waals surface area contributed by atoms with Crippen molar-refractivity contribution in [2.45, 2.75) is 0 Å². The van der Waals surface area contributed by atoms with E-state index in [2.05, 4.69) is 0 Å². The quantitative estimate of drug-likeness (QED) is 0.507. The normalized spacial score (nSPS) is 0. The molecule has 0 aromatic carbocycles. The van der Waals surface area contributed by atoms with Crippen LogP contribution in [0.5, 0.6) is 0 Å². The van der Waals surface area contributed by atoms with E-state index in [0.29, 0.717) is 0 Å². The van der Waals surface area contributed by atoms with Crippen LogP contribution >= 0.6 is 62.0 Å². The Balaban J connectivity index is 0. The molecule has 0 bridgehead atoms. The summed E-state index contributed by atoms with van der Waals surface area (Å²) in [6.07, 6.45) is 0. The maximum atomic E-state index is 0. The van der Waals surface area contributed by atoms with Gasteiger partial charge in [-0.25, -0.2) is 0 Å². The SMILES string of the molecule is Cl.Cl.Cl.Cl.Cl.[LiH]. The predicted octanol–water partition coefficient (Wildman–Crippen LogP) is 1.46. The Bertz CT molecular complexity index is 3.90. The van der Waals surface area contributed by atoms with E-state index in [4.69, 9.17) is 0 Å². The molecule has 0 aliphatic heterocycles. The van der Waals surface area contributed by atoms with E-state index in [1.807, 2.05) is 0 Å². The number of halogens is 5. The number of rotatable bonds is 0. The van der Waals surface area contributed by atoms with Gasteiger partial charge in [-0.2, -0.15) is 0 Å². The first-order chi connectivity index (χ1) is 0. The average molecular weight is 190 g/mol. The summed E-state index contributed by atoms with van der Waals surface area (Å²) in [6.45, 7) is 0. The van der Waals surface area contributed by atoms with Gasteiger partial charge in [-0.3, -0.25) is 0 Å². The van der Waals surface area contributed by atoms with Crippen LogP contribution in [0, 0.1) is 0 Å². The Kier molecular flexibility index (Phi) is 977. The molecule has 6 heteroatoms. The molecule has 0 aromatic rings. The van der Waals surface area contributed by atoms with Crippen LogP contribution in [0.3, 0.4) is 0 Å². The fourth-order valence-electron chi connectivity index (χ4n) is 0. The molecule has 0 radical (unpaired) electrons. The second-order valence-electron chi connectivity index (χ2n) is 0. The van der Waals surface area contributed by atoms with Gasteiger partial charge in [-0.1, -0.05) is 0 Å². The molecule has 0 aromatic heterocycles. The van der Waals surface area contributed by atoms with Crippen molar-refractivity contribution in [2.75, 3.05) is 0 Å². The monoisotopic (exact) mass is 188 g/mol. The summed E-state index contributed by atoms with van der Waals surface area (Å²) in [5.41, 5.74) is 0. The number of hydrogen-bond donors (Lipinski definition) is 0. The topological polar surface area (TPSA) is 0 Å². The van der Waals surface area contributed by atoms with E-state index in [0.717, 1.165) is 0 Å². The van der Waals surface area contributed by atoms with Crippen molar-refractivity contribution in [3.8, 4) is 0 Å². The molecule has 0 aliphatic rings. The van der Waals surface area contributed by atoms with Gasteiger partial charge in [0, 0.05) is 0 Å². The van der Waals surface area contributed by atoms with Crippen molar-refractivity contribution < 1.29 is 0 Å². The van der Waals surface area contributed by atoms with E-state index >= 15 is 0 Å². The summed E-state index contributed by atoms with van der Waals surface area (Å²) >= 11 is 0. The van der Waals surface area contributed by atoms with Gasteiger partial charge >= 0.3 is 18.9 Å². The Morgan fingerprint density at radius 1 is 0.333 bits per heavy atom. The molecule has 42 valence electrons. The van der Waals surface area contributed by atoms with Gasteiger partial charge in [0.1, 0.15) is 0 Å². The molecule has 0 atom stereocenters. The molecule has 0 unspecified atom stereocenters. The zero-order valence-electron chi connectivity index (χ0n) is 2.04. The van der Waals surface area contributed by atoms with Crippen molar-refractivity contribution in [1.82, 2.24) is 0 Å². The van der Waals surface area contributed by atoms with E-state index in [1.165, 1.54) is 0 Å². The van der Waals surface area contributed by atoms with Crippen LogP contribution < -0.4 is 0 Å². The molecule has 0 saturated heterocycles. The van der Waals surface area contributed by atoms with Gasteiger partial charge in [0.25, 0.3) is 0 Å². The van der Waals surface area contributed by atoms with Gasteiger partial charge in [-0.15, -0.1) is 62.0 Å². The molecule has 0 nitrogen and oxygen atoms in total. The van der Waals surface area contributed by atoms with E-state index in [9.17, 15) is 0 Å². The fourth-order valence-corrected chi connectivity index (χ4v) is 0. The van der Waals surface area contributed by atoms with E-state index in [1.54, 1.807) is 0 Å². The molecular weight excluding hydrogens is 184 g/mol. The minimum atomic E-state index is 0. The molecule has 0 rings (SSSR count). The van der Waals surface area contributed by atoms with Gasteiger partial charge in [-0.05, 0) is 0 Å². The Hall–Kier alpha value is 2.05. The van der Waals surface area contributed by atoms with E-state index in [-0.39, 0.29) is 80.9 Å². The van der Waals surface area contributed by atoms with Crippen LogP contribution in [0.1, 0.15) is 0 Å². The van der Waals surface area contributed by atoms with Crippen molar-refractivity contribution in [3.63, 3.8) is 0 Å². The molecule has 0 aliphatic carbocycles. The minimum absolute atomic E-state index is 0. The summed E-state index contributed by atoms with van der Waals surface area (Å²) in [6, 6.07) is 0. The first-order valence-electron chi connectivity index (χ1n) is 0. The fraction of sp³-hybridized carbons (Fsp3) is 0. The van der Waals surface area contributed by atoms with Crippen LogP contribution in [-0.2, 0) is 0 Å². The molecule has 0 fully saturated rings. The third-order valence-corrected chi connectivity index (χ3v) is 0. The van der Waals surface area contributed by atoms with Crippen molar-refractivity contribution >= 4 is 80.9 Å². The van der Waals surface area contributed by atoms with Gasteiger partial charge in [0.2, 0.25) is 0 Å². The van der Waals surface area contributed by atoms with E-state index < -0.39 is 0 Å². The van der Waals surface area contributed by atoms with Gasteiger partial charge < -0.3 is 0 Å². The molecule has 0 saturated carbocycles. The third kappa shape index (κ3) is 36.8. The zero-order chi connectivity index (χ0) is 0. The Morgan fingerprint density at radius 3 is 0.333 bits per heavy atom. The van der Waals surface area contributed by atoms with Crippen molar-refractivity contribution in [3.05, 3.63) is 0 Å². The van der Waals surface area contributed by atoms with Crippen LogP contribution in [0.15, 0.2) is 0 Å². The Labute approximate surface area is 80.4 Å².